The van der Waals surface area contributed by atoms with Gasteiger partial charge in [-0.2, -0.15) is 0 Å². The first-order valence-electron chi connectivity index (χ1n) is 7.62. The zero-order valence-electron chi connectivity index (χ0n) is 12.5. The summed E-state index contributed by atoms with van der Waals surface area (Å²) in [5, 5.41) is 0. The molecular formula is C16H30O2. The summed E-state index contributed by atoms with van der Waals surface area (Å²) in [5.74, 6) is -0.112. The van der Waals surface area contributed by atoms with E-state index in [1.165, 1.54) is 32.1 Å². The van der Waals surface area contributed by atoms with Crippen LogP contribution < -0.4 is 0 Å². The molecule has 0 bridgehead atoms. The van der Waals surface area contributed by atoms with Crippen molar-refractivity contribution in [3.63, 3.8) is 0 Å². The molecule has 0 spiro atoms. The number of ether oxygens (including phenoxy) is 1. The lowest BCUT2D eigenvalue weighted by Crippen LogP contribution is -2.07. The van der Waals surface area contributed by atoms with Gasteiger partial charge in [0, 0.05) is 5.57 Å². The van der Waals surface area contributed by atoms with Crippen LogP contribution in [0.5, 0.6) is 0 Å². The number of unbranched alkanes of at least 4 members (excludes halogenated alkanes) is 6. The summed E-state index contributed by atoms with van der Waals surface area (Å²) in [4.78, 5) is 11.7. The molecular weight excluding hydrogens is 224 g/mol. The standard InChI is InChI=1S/C16H30O2/c1-4-7-9-10-11-12-14-15(13-8-5-2)16(17)18-6-3/h14H,4-13H2,1-3H3/b15-14+. The summed E-state index contributed by atoms with van der Waals surface area (Å²) < 4.78 is 5.09. The summed E-state index contributed by atoms with van der Waals surface area (Å²) >= 11 is 0. The average molecular weight is 254 g/mol. The highest BCUT2D eigenvalue weighted by molar-refractivity contribution is 5.88. The van der Waals surface area contributed by atoms with Crippen LogP contribution in [0.3, 0.4) is 0 Å². The van der Waals surface area contributed by atoms with Gasteiger partial charge in [0.25, 0.3) is 0 Å². The van der Waals surface area contributed by atoms with E-state index >= 15 is 0 Å². The topological polar surface area (TPSA) is 26.3 Å². The molecule has 2 heteroatoms. The normalized spacial score (nSPS) is 11.6. The van der Waals surface area contributed by atoms with Gasteiger partial charge < -0.3 is 4.74 Å². The van der Waals surface area contributed by atoms with Crippen LogP contribution in [0.1, 0.15) is 78.6 Å². The molecule has 0 saturated carbocycles. The highest BCUT2D eigenvalue weighted by Crippen LogP contribution is 2.13. The Morgan fingerprint density at radius 3 is 2.22 bits per heavy atom. The number of rotatable bonds is 11. The first-order chi connectivity index (χ1) is 8.76. The Kier molecular flexibility index (Phi) is 12.1. The maximum absolute atomic E-state index is 11.7. The fraction of sp³-hybridized carbons (Fsp3) is 0.812. The van der Waals surface area contributed by atoms with Gasteiger partial charge in [0.2, 0.25) is 0 Å². The second-order valence-electron chi connectivity index (χ2n) is 4.76. The molecule has 0 radical (unpaired) electrons. The Labute approximate surface area is 113 Å². The van der Waals surface area contributed by atoms with Crippen molar-refractivity contribution >= 4 is 5.97 Å². The lowest BCUT2D eigenvalue weighted by Gasteiger charge is -2.06. The van der Waals surface area contributed by atoms with Gasteiger partial charge in [-0.25, -0.2) is 4.79 Å². The number of carbonyl (C=O) groups is 1. The van der Waals surface area contributed by atoms with E-state index in [9.17, 15) is 4.79 Å². The van der Waals surface area contributed by atoms with Crippen molar-refractivity contribution < 1.29 is 9.53 Å². The van der Waals surface area contributed by atoms with E-state index in [4.69, 9.17) is 4.74 Å². The zero-order chi connectivity index (χ0) is 13.6. The minimum Gasteiger partial charge on any atom is -0.463 e. The third-order valence-electron chi connectivity index (χ3n) is 3.04. The molecule has 0 aromatic carbocycles. The number of esters is 1. The largest absolute Gasteiger partial charge is 0.463 e. The minimum atomic E-state index is -0.112. The van der Waals surface area contributed by atoms with E-state index in [2.05, 4.69) is 19.9 Å². The van der Waals surface area contributed by atoms with Crippen molar-refractivity contribution in [2.75, 3.05) is 6.61 Å². The first kappa shape index (κ1) is 17.2. The Bertz CT molecular complexity index is 231. The van der Waals surface area contributed by atoms with E-state index in [0.29, 0.717) is 6.61 Å². The smallest absolute Gasteiger partial charge is 0.333 e. The van der Waals surface area contributed by atoms with E-state index < -0.39 is 0 Å². The summed E-state index contributed by atoms with van der Waals surface area (Å²) in [6.07, 6.45) is 12.5. The van der Waals surface area contributed by atoms with Crippen molar-refractivity contribution in [3.8, 4) is 0 Å². The van der Waals surface area contributed by atoms with Crippen LogP contribution in [0.2, 0.25) is 0 Å². The third kappa shape index (κ3) is 9.26. The van der Waals surface area contributed by atoms with Gasteiger partial charge in [0.05, 0.1) is 6.61 Å². The van der Waals surface area contributed by atoms with Crippen LogP contribution in [0, 0.1) is 0 Å². The van der Waals surface area contributed by atoms with Gasteiger partial charge in [-0.3, -0.25) is 0 Å². The summed E-state index contributed by atoms with van der Waals surface area (Å²) in [6.45, 7) is 6.70. The molecule has 0 aliphatic carbocycles. The number of hydrogen-bond acceptors (Lipinski definition) is 2. The van der Waals surface area contributed by atoms with Crippen LogP contribution in [-0.2, 0) is 9.53 Å². The first-order valence-corrected chi connectivity index (χ1v) is 7.62. The molecule has 0 aliphatic rings. The van der Waals surface area contributed by atoms with Gasteiger partial charge >= 0.3 is 5.97 Å². The third-order valence-corrected chi connectivity index (χ3v) is 3.04. The van der Waals surface area contributed by atoms with Crippen molar-refractivity contribution in [2.24, 2.45) is 0 Å². The second kappa shape index (κ2) is 12.7. The Morgan fingerprint density at radius 2 is 1.61 bits per heavy atom. The highest BCUT2D eigenvalue weighted by Gasteiger charge is 2.08. The fourth-order valence-electron chi connectivity index (χ4n) is 1.90. The van der Waals surface area contributed by atoms with E-state index in [1.54, 1.807) is 0 Å². The number of hydrogen-bond donors (Lipinski definition) is 0. The van der Waals surface area contributed by atoms with E-state index in [1.807, 2.05) is 6.92 Å². The minimum absolute atomic E-state index is 0.112. The Balaban J connectivity index is 3.99. The Hall–Kier alpha value is -0.790. The lowest BCUT2D eigenvalue weighted by molar-refractivity contribution is -0.138. The van der Waals surface area contributed by atoms with Gasteiger partial charge in [0.1, 0.15) is 0 Å². The van der Waals surface area contributed by atoms with E-state index in [0.717, 1.165) is 31.3 Å². The molecule has 0 heterocycles. The molecule has 0 unspecified atom stereocenters. The fourth-order valence-corrected chi connectivity index (χ4v) is 1.90. The number of allylic oxidation sites excluding steroid dienone is 1. The van der Waals surface area contributed by atoms with Gasteiger partial charge in [0.15, 0.2) is 0 Å². The van der Waals surface area contributed by atoms with Gasteiger partial charge in [-0.05, 0) is 32.6 Å². The second-order valence-corrected chi connectivity index (χ2v) is 4.76. The van der Waals surface area contributed by atoms with Crippen molar-refractivity contribution in [1.29, 1.82) is 0 Å². The molecule has 0 rings (SSSR count). The molecule has 0 aliphatic heterocycles. The molecule has 2 nitrogen and oxygen atoms in total. The van der Waals surface area contributed by atoms with Crippen LogP contribution in [0.25, 0.3) is 0 Å². The molecule has 0 aromatic rings. The van der Waals surface area contributed by atoms with Crippen LogP contribution >= 0.6 is 0 Å². The molecule has 0 fully saturated rings. The maximum Gasteiger partial charge on any atom is 0.333 e. The molecule has 0 saturated heterocycles. The summed E-state index contributed by atoms with van der Waals surface area (Å²) in [7, 11) is 0. The van der Waals surface area contributed by atoms with Crippen molar-refractivity contribution in [2.45, 2.75) is 78.6 Å². The molecule has 0 amide bonds. The molecule has 0 atom stereocenters. The average Bonchev–Trinajstić information content (AvgIpc) is 2.37. The summed E-state index contributed by atoms with van der Waals surface area (Å²) in [6, 6.07) is 0. The predicted octanol–water partition coefficient (Wildman–Crippen LogP) is 5.03. The Morgan fingerprint density at radius 1 is 0.944 bits per heavy atom. The quantitative estimate of drug-likeness (QED) is 0.294. The van der Waals surface area contributed by atoms with Gasteiger partial charge in [-0.1, -0.05) is 52.0 Å². The molecule has 106 valence electrons. The number of carbonyl (C=O) groups excluding carboxylic acids is 1. The SMILES string of the molecule is CCCCCCC/C=C(\CCCC)C(=O)OCC. The van der Waals surface area contributed by atoms with Crippen LogP contribution in [0.15, 0.2) is 11.6 Å². The van der Waals surface area contributed by atoms with Crippen LogP contribution in [0.4, 0.5) is 0 Å². The monoisotopic (exact) mass is 254 g/mol. The highest BCUT2D eigenvalue weighted by atomic mass is 16.5. The summed E-state index contributed by atoms with van der Waals surface area (Å²) in [5.41, 5.74) is 0.884. The maximum atomic E-state index is 11.7. The van der Waals surface area contributed by atoms with Crippen molar-refractivity contribution in [1.82, 2.24) is 0 Å². The van der Waals surface area contributed by atoms with E-state index in [-0.39, 0.29) is 5.97 Å². The lowest BCUT2D eigenvalue weighted by atomic mass is 10.1. The van der Waals surface area contributed by atoms with Gasteiger partial charge in [-0.15, -0.1) is 0 Å². The predicted molar refractivity (Wildman–Crippen MR) is 77.6 cm³/mol. The van der Waals surface area contributed by atoms with Crippen LogP contribution in [-0.4, -0.2) is 12.6 Å². The van der Waals surface area contributed by atoms with Crippen molar-refractivity contribution in [3.05, 3.63) is 11.6 Å². The zero-order valence-corrected chi connectivity index (χ0v) is 12.5. The molecule has 0 N–H and O–H groups in total. The molecule has 18 heavy (non-hydrogen) atoms. The molecule has 0 aromatic heterocycles.